The Hall–Kier alpha value is -3.16. The highest BCUT2D eigenvalue weighted by Crippen LogP contribution is 2.59. The van der Waals surface area contributed by atoms with Crippen molar-refractivity contribution in [1.82, 2.24) is 0 Å². The predicted octanol–water partition coefficient (Wildman–Crippen LogP) is 8.18. The summed E-state index contributed by atoms with van der Waals surface area (Å²) in [6, 6.07) is 17.8. The minimum atomic E-state index is -7.27. The van der Waals surface area contributed by atoms with E-state index in [4.69, 9.17) is 16.3 Å². The molecule has 0 aliphatic carbocycles. The van der Waals surface area contributed by atoms with E-state index in [-0.39, 0.29) is 16.1 Å². The Morgan fingerprint density at radius 3 is 1.76 bits per heavy atom. The zero-order valence-corrected chi connectivity index (χ0v) is 22.9. The molecule has 0 bridgehead atoms. The molecule has 15 heteroatoms. The van der Waals surface area contributed by atoms with Crippen LogP contribution in [0.25, 0.3) is 5.76 Å². The lowest BCUT2D eigenvalue weighted by Gasteiger charge is -2.34. The van der Waals surface area contributed by atoms with Crippen molar-refractivity contribution in [3.05, 3.63) is 112 Å². The van der Waals surface area contributed by atoms with Crippen molar-refractivity contribution < 1.29 is 53.1 Å². The molecule has 0 fully saturated rings. The fourth-order valence-corrected chi connectivity index (χ4v) is 6.40. The van der Waals surface area contributed by atoms with Gasteiger partial charge in [-0.3, -0.25) is 4.79 Å². The molecule has 0 radical (unpaired) electrons. The first kappa shape index (κ1) is 31.8. The molecular weight excluding hydrogens is 643 g/mol. The van der Waals surface area contributed by atoms with Crippen molar-refractivity contribution in [2.45, 2.75) is 34.5 Å². The summed E-state index contributed by atoms with van der Waals surface area (Å²) in [4.78, 5) is 11.8. The van der Waals surface area contributed by atoms with E-state index in [1.807, 2.05) is 0 Å². The molecule has 1 heterocycles. The summed E-state index contributed by atoms with van der Waals surface area (Å²) in [6.45, 7) is 0. The van der Waals surface area contributed by atoms with E-state index in [2.05, 4.69) is 11.6 Å². The van der Waals surface area contributed by atoms with Crippen LogP contribution < -0.4 is 0 Å². The molecule has 0 saturated carbocycles. The molecule has 0 N–H and O–H groups in total. The smallest absolute Gasteiger partial charge is 0.417 e. The zero-order chi connectivity index (χ0) is 31.3. The van der Waals surface area contributed by atoms with Crippen molar-refractivity contribution in [2.24, 2.45) is 0 Å². The van der Waals surface area contributed by atoms with E-state index in [1.165, 1.54) is 60.7 Å². The van der Waals surface area contributed by atoms with Crippen LogP contribution in [0.1, 0.15) is 27.4 Å². The zero-order valence-electron chi connectivity index (χ0n) is 20.6. The highest BCUT2D eigenvalue weighted by Gasteiger charge is 2.85. The van der Waals surface area contributed by atoms with Crippen LogP contribution in [0.2, 0.25) is 5.02 Å². The SMILES string of the molecule is O=C(c1ccccc1)C1OC(c2ccccc2)=C(S(=O)(=O)C(F)(F)C(F)(F)C(F)(F)C(F)(F)Cl)C1c1ccccc1Cl. The summed E-state index contributed by atoms with van der Waals surface area (Å²) >= 11 is 10.2. The summed E-state index contributed by atoms with van der Waals surface area (Å²) in [5.74, 6) is -18.7. The number of sulfone groups is 1. The van der Waals surface area contributed by atoms with Crippen molar-refractivity contribution in [3.63, 3.8) is 0 Å². The van der Waals surface area contributed by atoms with Gasteiger partial charge in [0.25, 0.3) is 9.84 Å². The maximum atomic E-state index is 15.4. The molecule has 1 aliphatic heterocycles. The Kier molecular flexibility index (Phi) is 8.20. The fourth-order valence-electron chi connectivity index (χ4n) is 4.29. The van der Waals surface area contributed by atoms with Crippen LogP contribution in [0.4, 0.5) is 35.1 Å². The minimum absolute atomic E-state index is 0.129. The second-order valence-corrected chi connectivity index (χ2v) is 11.8. The fraction of sp³-hybridized carbons (Fsp3) is 0.222. The Morgan fingerprint density at radius 2 is 1.24 bits per heavy atom. The lowest BCUT2D eigenvalue weighted by molar-refractivity contribution is -0.326. The number of ether oxygens (including phenoxy) is 1. The van der Waals surface area contributed by atoms with Crippen LogP contribution in [0, 0.1) is 0 Å². The highest BCUT2D eigenvalue weighted by molar-refractivity contribution is 7.96. The Balaban J connectivity index is 2.06. The summed E-state index contributed by atoms with van der Waals surface area (Å²) in [7, 11) is -7.11. The number of ketones is 1. The third-order valence-corrected chi connectivity index (χ3v) is 8.92. The van der Waals surface area contributed by atoms with Gasteiger partial charge in [0, 0.05) is 16.1 Å². The third-order valence-electron chi connectivity index (χ3n) is 6.39. The lowest BCUT2D eigenvalue weighted by Crippen LogP contribution is -2.63. The lowest BCUT2D eigenvalue weighted by atomic mass is 9.89. The second-order valence-electron chi connectivity index (χ2n) is 8.99. The first-order chi connectivity index (χ1) is 19.4. The van der Waals surface area contributed by atoms with Gasteiger partial charge in [0.2, 0.25) is 5.78 Å². The van der Waals surface area contributed by atoms with Gasteiger partial charge in [-0.25, -0.2) is 8.42 Å². The number of carbonyl (C=O) groups excluding carboxylic acids is 1. The van der Waals surface area contributed by atoms with Crippen molar-refractivity contribution >= 4 is 44.6 Å². The molecule has 4 rings (SSSR count). The van der Waals surface area contributed by atoms with Crippen molar-refractivity contribution in [1.29, 1.82) is 0 Å². The number of carbonyl (C=O) groups is 1. The number of rotatable bonds is 9. The number of Topliss-reactive ketones (excluding diaryl/α,β-unsaturated/α-hetero) is 1. The molecule has 224 valence electrons. The molecule has 3 aromatic rings. The molecule has 0 saturated heterocycles. The number of benzene rings is 3. The first-order valence-corrected chi connectivity index (χ1v) is 13.9. The topological polar surface area (TPSA) is 60.4 Å². The van der Waals surface area contributed by atoms with Crippen LogP contribution >= 0.6 is 23.2 Å². The average molecular weight is 659 g/mol. The summed E-state index contributed by atoms with van der Waals surface area (Å²) < 4.78 is 147. The Labute approximate surface area is 243 Å². The van der Waals surface area contributed by atoms with Gasteiger partial charge in [-0.2, -0.15) is 35.1 Å². The van der Waals surface area contributed by atoms with Crippen LogP contribution in [-0.4, -0.2) is 42.8 Å². The van der Waals surface area contributed by atoms with Crippen LogP contribution in [-0.2, 0) is 14.6 Å². The number of halogens is 10. The van der Waals surface area contributed by atoms with E-state index >= 15 is 8.78 Å². The normalized spacial score (nSPS) is 18.6. The quantitative estimate of drug-likeness (QED) is 0.132. The molecule has 2 unspecified atom stereocenters. The predicted molar refractivity (Wildman–Crippen MR) is 138 cm³/mol. The monoisotopic (exact) mass is 658 g/mol. The standard InChI is InChI=1S/C27H16Cl2F8O4S/c28-18-14-8-7-13-17(18)19-22(20(38)15-9-3-1-4-10-15)41-21(16-11-5-2-6-12-16)23(19)42(39,40)27(36,37)25(32,33)24(30,31)26(29,34)35/h1-14,19,22H. The van der Waals surface area contributed by atoms with Gasteiger partial charge in [0.15, 0.2) is 6.10 Å². The molecule has 2 atom stereocenters. The van der Waals surface area contributed by atoms with Crippen molar-refractivity contribution in [2.75, 3.05) is 0 Å². The van der Waals surface area contributed by atoms with Gasteiger partial charge in [-0.1, -0.05) is 90.5 Å². The second kappa shape index (κ2) is 10.8. The van der Waals surface area contributed by atoms with Gasteiger partial charge >= 0.3 is 22.5 Å². The summed E-state index contributed by atoms with van der Waals surface area (Å²) in [6.07, 6.45) is -2.06. The summed E-state index contributed by atoms with van der Waals surface area (Å²) in [5.41, 5.74) is -0.868. The van der Waals surface area contributed by atoms with Crippen LogP contribution in [0.5, 0.6) is 0 Å². The van der Waals surface area contributed by atoms with Gasteiger partial charge in [-0.05, 0) is 23.2 Å². The van der Waals surface area contributed by atoms with Crippen molar-refractivity contribution in [3.8, 4) is 0 Å². The maximum Gasteiger partial charge on any atom is 0.417 e. The maximum absolute atomic E-state index is 15.4. The number of hydrogen-bond donors (Lipinski definition) is 0. The molecule has 3 aromatic carbocycles. The average Bonchev–Trinajstić information content (AvgIpc) is 3.34. The Bertz CT molecular complexity index is 1630. The van der Waals surface area contributed by atoms with Gasteiger partial charge < -0.3 is 4.74 Å². The van der Waals surface area contributed by atoms with E-state index in [0.29, 0.717) is 0 Å². The van der Waals surface area contributed by atoms with Gasteiger partial charge in [0.1, 0.15) is 10.7 Å². The van der Waals surface area contributed by atoms with E-state index in [9.17, 15) is 39.6 Å². The van der Waals surface area contributed by atoms with E-state index < -0.39 is 66.4 Å². The molecule has 42 heavy (non-hydrogen) atoms. The third kappa shape index (κ3) is 4.94. The molecule has 1 aliphatic rings. The molecule has 4 nitrogen and oxygen atoms in total. The molecule has 0 aromatic heterocycles. The first-order valence-electron chi connectivity index (χ1n) is 11.6. The number of alkyl halides is 9. The van der Waals surface area contributed by atoms with E-state index in [0.717, 1.165) is 24.3 Å². The minimum Gasteiger partial charge on any atom is -0.480 e. The molecule has 0 spiro atoms. The molecule has 0 amide bonds. The van der Waals surface area contributed by atoms with Gasteiger partial charge in [0.05, 0.1) is 5.92 Å². The van der Waals surface area contributed by atoms with Gasteiger partial charge in [-0.15, -0.1) is 0 Å². The van der Waals surface area contributed by atoms with Crippen LogP contribution in [0.15, 0.2) is 89.8 Å². The largest absolute Gasteiger partial charge is 0.480 e. The molecular formula is C27H16Cl2F8O4S. The van der Waals surface area contributed by atoms with E-state index in [1.54, 1.807) is 0 Å². The Morgan fingerprint density at radius 1 is 0.738 bits per heavy atom. The number of hydrogen-bond acceptors (Lipinski definition) is 4. The summed E-state index contributed by atoms with van der Waals surface area (Å²) in [5, 5.41) is -13.6. The highest BCUT2D eigenvalue weighted by atomic mass is 35.5. The van der Waals surface area contributed by atoms with Crippen LogP contribution in [0.3, 0.4) is 0 Å².